The molecule has 0 amide bonds. The number of hydrogen-bond donors (Lipinski definition) is 2. The van der Waals surface area contributed by atoms with Gasteiger partial charge in [-0.25, -0.2) is 9.59 Å². The lowest BCUT2D eigenvalue weighted by Crippen LogP contribution is -2.30. The van der Waals surface area contributed by atoms with E-state index in [2.05, 4.69) is 6.92 Å². The highest BCUT2D eigenvalue weighted by molar-refractivity contribution is 6.03. The summed E-state index contributed by atoms with van der Waals surface area (Å²) in [6, 6.07) is 5.88. The predicted octanol–water partition coefficient (Wildman–Crippen LogP) is 3.99. The zero-order valence-corrected chi connectivity index (χ0v) is 23.8. The number of aliphatic hydroxyl groups is 2. The van der Waals surface area contributed by atoms with Crippen molar-refractivity contribution >= 4 is 23.9 Å². The van der Waals surface area contributed by atoms with Crippen LogP contribution in [0.25, 0.3) is 0 Å². The molecule has 10 nitrogen and oxygen atoms in total. The molecule has 0 aliphatic carbocycles. The molecule has 0 aromatic heterocycles. The summed E-state index contributed by atoms with van der Waals surface area (Å²) in [5.41, 5.74) is -0.679. The molecule has 0 saturated carbocycles. The zero-order valence-electron chi connectivity index (χ0n) is 23.8. The second kappa shape index (κ2) is 17.6. The highest BCUT2D eigenvalue weighted by Gasteiger charge is 2.25. The van der Waals surface area contributed by atoms with Crippen LogP contribution in [0.15, 0.2) is 24.3 Å². The fourth-order valence-electron chi connectivity index (χ4n) is 3.72. The van der Waals surface area contributed by atoms with E-state index >= 15 is 0 Å². The molecule has 39 heavy (non-hydrogen) atoms. The second-order valence-corrected chi connectivity index (χ2v) is 9.99. The van der Waals surface area contributed by atoms with Gasteiger partial charge in [-0.05, 0) is 44.2 Å². The Morgan fingerprint density at radius 3 is 1.79 bits per heavy atom. The summed E-state index contributed by atoms with van der Waals surface area (Å²) < 4.78 is 20.6. The van der Waals surface area contributed by atoms with E-state index in [0.717, 1.165) is 12.8 Å². The lowest BCUT2D eigenvalue weighted by atomic mass is 9.99. The van der Waals surface area contributed by atoms with E-state index in [-0.39, 0.29) is 36.5 Å². The van der Waals surface area contributed by atoms with Crippen molar-refractivity contribution in [3.63, 3.8) is 0 Å². The Balaban J connectivity index is 2.49. The van der Waals surface area contributed by atoms with Crippen LogP contribution in [-0.2, 0) is 28.5 Å². The van der Waals surface area contributed by atoms with Crippen LogP contribution in [-0.4, -0.2) is 71.7 Å². The van der Waals surface area contributed by atoms with Crippen LogP contribution >= 0.6 is 0 Å². The molecule has 1 aromatic rings. The van der Waals surface area contributed by atoms with Crippen LogP contribution in [0.1, 0.15) is 100 Å². The summed E-state index contributed by atoms with van der Waals surface area (Å²) in [5.74, 6) is -2.58. The minimum absolute atomic E-state index is 0.0358. The molecule has 0 saturated heterocycles. The van der Waals surface area contributed by atoms with Gasteiger partial charge in [-0.2, -0.15) is 0 Å². The molecule has 2 N–H and O–H groups in total. The number of rotatable bonds is 18. The standard InChI is InChI=1S/C29H44O10/c1-6-11-20(4)16-21(30)17-37-27(34)23-12-9-10-13-24(23)28(35)38-19-22(31)18-36-25(32)14-15-26(33)39-29(5,7-2)8-3/h9-10,12-13,20-22,30-31H,6-8,11,14-19H2,1-5H3. The van der Waals surface area contributed by atoms with Crippen LogP contribution in [0.3, 0.4) is 0 Å². The normalized spacial score (nSPS) is 13.6. The van der Waals surface area contributed by atoms with Gasteiger partial charge >= 0.3 is 23.9 Å². The molecule has 0 aliphatic heterocycles. The third kappa shape index (κ3) is 13.1. The monoisotopic (exact) mass is 552 g/mol. The summed E-state index contributed by atoms with van der Waals surface area (Å²) in [6.45, 7) is 8.58. The van der Waals surface area contributed by atoms with E-state index in [4.69, 9.17) is 18.9 Å². The Kier molecular flexibility index (Phi) is 15.3. The van der Waals surface area contributed by atoms with Crippen LogP contribution in [0.2, 0.25) is 0 Å². The number of hydrogen-bond acceptors (Lipinski definition) is 10. The van der Waals surface area contributed by atoms with Gasteiger partial charge in [0.2, 0.25) is 0 Å². The Hall–Kier alpha value is -2.98. The summed E-state index contributed by atoms with van der Waals surface area (Å²) in [4.78, 5) is 49.0. The topological polar surface area (TPSA) is 146 Å². The van der Waals surface area contributed by atoms with E-state index < -0.39 is 54.9 Å². The van der Waals surface area contributed by atoms with Gasteiger partial charge in [0.05, 0.1) is 30.1 Å². The lowest BCUT2D eigenvalue weighted by Gasteiger charge is -2.26. The fraction of sp³-hybridized carbons (Fsp3) is 0.655. The van der Waals surface area contributed by atoms with Crippen molar-refractivity contribution in [2.24, 2.45) is 5.92 Å². The maximum Gasteiger partial charge on any atom is 0.339 e. The van der Waals surface area contributed by atoms with E-state index in [1.165, 1.54) is 12.1 Å². The van der Waals surface area contributed by atoms with Gasteiger partial charge in [0, 0.05) is 0 Å². The molecule has 220 valence electrons. The first-order valence-electron chi connectivity index (χ1n) is 13.6. The molecule has 0 spiro atoms. The summed E-state index contributed by atoms with van der Waals surface area (Å²) >= 11 is 0. The summed E-state index contributed by atoms with van der Waals surface area (Å²) in [5, 5.41) is 20.2. The Labute approximate surface area is 231 Å². The van der Waals surface area contributed by atoms with Crippen LogP contribution in [0.5, 0.6) is 0 Å². The number of carbonyl (C=O) groups excluding carboxylic acids is 4. The molecule has 1 rings (SSSR count). The van der Waals surface area contributed by atoms with Gasteiger partial charge in [0.15, 0.2) is 0 Å². The minimum atomic E-state index is -1.31. The van der Waals surface area contributed by atoms with Crippen molar-refractivity contribution < 1.29 is 48.3 Å². The van der Waals surface area contributed by atoms with Gasteiger partial charge in [-0.3, -0.25) is 9.59 Å². The molecular formula is C29H44O10. The van der Waals surface area contributed by atoms with E-state index in [9.17, 15) is 29.4 Å². The maximum absolute atomic E-state index is 12.6. The first-order valence-corrected chi connectivity index (χ1v) is 13.6. The van der Waals surface area contributed by atoms with E-state index in [1.807, 2.05) is 27.7 Å². The van der Waals surface area contributed by atoms with Gasteiger partial charge in [-0.1, -0.05) is 52.7 Å². The fourth-order valence-corrected chi connectivity index (χ4v) is 3.72. The zero-order chi connectivity index (χ0) is 29.4. The van der Waals surface area contributed by atoms with Gasteiger partial charge < -0.3 is 29.2 Å². The summed E-state index contributed by atoms with van der Waals surface area (Å²) in [7, 11) is 0. The smallest absolute Gasteiger partial charge is 0.339 e. The SMILES string of the molecule is CCCC(C)CC(O)COC(=O)c1ccccc1C(=O)OCC(O)COC(=O)CCC(=O)OC(C)(CC)CC. The second-order valence-electron chi connectivity index (χ2n) is 9.99. The van der Waals surface area contributed by atoms with Crippen molar-refractivity contribution in [3.8, 4) is 0 Å². The van der Waals surface area contributed by atoms with E-state index in [1.54, 1.807) is 12.1 Å². The quantitative estimate of drug-likeness (QED) is 0.202. The van der Waals surface area contributed by atoms with Crippen molar-refractivity contribution in [3.05, 3.63) is 35.4 Å². The van der Waals surface area contributed by atoms with Crippen LogP contribution in [0.4, 0.5) is 0 Å². The average Bonchev–Trinajstić information content (AvgIpc) is 2.92. The lowest BCUT2D eigenvalue weighted by molar-refractivity contribution is -0.162. The largest absolute Gasteiger partial charge is 0.463 e. The number of carbonyl (C=O) groups is 4. The van der Waals surface area contributed by atoms with Crippen molar-refractivity contribution in [2.75, 3.05) is 19.8 Å². The van der Waals surface area contributed by atoms with Crippen LogP contribution in [0, 0.1) is 5.92 Å². The van der Waals surface area contributed by atoms with Gasteiger partial charge in [0.1, 0.15) is 31.5 Å². The first kappa shape index (κ1) is 34.0. The average molecular weight is 553 g/mol. The third-order valence-corrected chi connectivity index (χ3v) is 6.46. The van der Waals surface area contributed by atoms with Crippen molar-refractivity contribution in [1.29, 1.82) is 0 Å². The molecule has 1 aromatic carbocycles. The molecule has 0 fully saturated rings. The van der Waals surface area contributed by atoms with Gasteiger partial charge in [0.25, 0.3) is 0 Å². The van der Waals surface area contributed by atoms with Crippen molar-refractivity contribution in [2.45, 2.75) is 97.4 Å². The Morgan fingerprint density at radius 2 is 1.28 bits per heavy atom. The molecule has 0 heterocycles. The highest BCUT2D eigenvalue weighted by atomic mass is 16.6. The molecule has 0 aliphatic rings. The molecule has 3 atom stereocenters. The maximum atomic E-state index is 12.6. The van der Waals surface area contributed by atoms with Gasteiger partial charge in [-0.15, -0.1) is 0 Å². The number of esters is 4. The van der Waals surface area contributed by atoms with E-state index in [0.29, 0.717) is 19.3 Å². The van der Waals surface area contributed by atoms with Crippen molar-refractivity contribution in [1.82, 2.24) is 0 Å². The molecule has 10 heteroatoms. The number of aliphatic hydroxyl groups excluding tert-OH is 2. The minimum Gasteiger partial charge on any atom is -0.463 e. The Bertz CT molecular complexity index is 924. The predicted molar refractivity (Wildman–Crippen MR) is 143 cm³/mol. The number of benzene rings is 1. The molecule has 0 bridgehead atoms. The number of ether oxygens (including phenoxy) is 4. The molecule has 3 unspecified atom stereocenters. The Morgan fingerprint density at radius 1 is 0.795 bits per heavy atom. The molecular weight excluding hydrogens is 508 g/mol. The molecule has 0 radical (unpaired) electrons. The first-order chi connectivity index (χ1) is 18.4. The summed E-state index contributed by atoms with van der Waals surface area (Å²) in [6.07, 6.45) is 1.26. The highest BCUT2D eigenvalue weighted by Crippen LogP contribution is 2.20. The third-order valence-electron chi connectivity index (χ3n) is 6.46. The van der Waals surface area contributed by atoms with Crippen LogP contribution < -0.4 is 0 Å².